The number of rotatable bonds is 7. The molecule has 0 spiro atoms. The summed E-state index contributed by atoms with van der Waals surface area (Å²) in [6, 6.07) is 16.5. The Kier molecular flexibility index (Phi) is 6.04. The summed E-state index contributed by atoms with van der Waals surface area (Å²) in [6.45, 7) is 2.56. The van der Waals surface area contributed by atoms with Crippen molar-refractivity contribution in [1.82, 2.24) is 4.98 Å². The molecule has 0 radical (unpaired) electrons. The van der Waals surface area contributed by atoms with Crippen molar-refractivity contribution in [2.75, 3.05) is 11.9 Å². The minimum atomic E-state index is -0.482. The van der Waals surface area contributed by atoms with Crippen LogP contribution in [0.3, 0.4) is 0 Å². The highest BCUT2D eigenvalue weighted by Gasteiger charge is 2.09. The smallest absolute Gasteiger partial charge is 0.248 e. The maximum absolute atomic E-state index is 11.1. The summed E-state index contributed by atoms with van der Waals surface area (Å²) in [5.41, 5.74) is 8.57. The normalized spacial score (nSPS) is 10.9. The van der Waals surface area contributed by atoms with Crippen LogP contribution in [0, 0.1) is 11.3 Å². The first-order chi connectivity index (χ1) is 13.6. The van der Waals surface area contributed by atoms with Gasteiger partial charge in [0.15, 0.2) is 0 Å². The van der Waals surface area contributed by atoms with Crippen molar-refractivity contribution in [1.29, 1.82) is 5.26 Å². The van der Waals surface area contributed by atoms with E-state index < -0.39 is 5.91 Å². The minimum absolute atomic E-state index is 0.418. The molecule has 0 saturated heterocycles. The fraction of sp³-hybridized carbons (Fsp3) is 0.0952. The highest BCUT2D eigenvalue weighted by Crippen LogP contribution is 2.27. The number of carbonyl (C=O) groups is 1. The standard InChI is InChI=1S/C21H18N4O2S/c1-2-27-18-9-5-14(6-10-18)19-13-28-21(25-19)16(11-22)12-24-17-7-3-15(4-8-17)20(23)26/h3-10,12-13,24H,2H2,1H3,(H2,23,26)/b16-12-. The SMILES string of the molecule is CCOc1ccc(-c2csc(/C(C#N)=C\Nc3ccc(C(N)=O)cc3)n2)cc1. The molecule has 0 aliphatic carbocycles. The molecule has 0 unspecified atom stereocenters. The van der Waals surface area contributed by atoms with Crippen LogP contribution in [-0.2, 0) is 0 Å². The van der Waals surface area contributed by atoms with Crippen molar-refractivity contribution in [2.24, 2.45) is 5.73 Å². The van der Waals surface area contributed by atoms with Gasteiger partial charge in [-0.3, -0.25) is 4.79 Å². The molecule has 0 aliphatic heterocycles. The first-order valence-electron chi connectivity index (χ1n) is 8.56. The Bertz CT molecular complexity index is 1030. The van der Waals surface area contributed by atoms with Crippen LogP contribution in [0.2, 0.25) is 0 Å². The zero-order valence-corrected chi connectivity index (χ0v) is 16.0. The van der Waals surface area contributed by atoms with Crippen molar-refractivity contribution < 1.29 is 9.53 Å². The maximum atomic E-state index is 11.1. The summed E-state index contributed by atoms with van der Waals surface area (Å²) in [7, 11) is 0. The number of benzene rings is 2. The van der Waals surface area contributed by atoms with Crippen LogP contribution < -0.4 is 15.8 Å². The molecule has 2 aromatic carbocycles. The number of aromatic nitrogens is 1. The Hall–Kier alpha value is -3.63. The quantitative estimate of drug-likeness (QED) is 0.586. The molecular weight excluding hydrogens is 372 g/mol. The number of primary amides is 1. The summed E-state index contributed by atoms with van der Waals surface area (Å²) in [5, 5.41) is 15.1. The van der Waals surface area contributed by atoms with Gasteiger partial charge in [0, 0.05) is 28.4 Å². The largest absolute Gasteiger partial charge is 0.494 e. The van der Waals surface area contributed by atoms with E-state index in [1.54, 1.807) is 30.5 Å². The van der Waals surface area contributed by atoms with Crippen LogP contribution in [0.4, 0.5) is 5.69 Å². The summed E-state index contributed by atoms with van der Waals surface area (Å²) in [5.74, 6) is 0.329. The van der Waals surface area contributed by atoms with Crippen LogP contribution in [0.1, 0.15) is 22.3 Å². The van der Waals surface area contributed by atoms with Gasteiger partial charge in [-0.15, -0.1) is 11.3 Å². The summed E-state index contributed by atoms with van der Waals surface area (Å²) in [4.78, 5) is 15.7. The van der Waals surface area contributed by atoms with E-state index in [0.717, 1.165) is 22.7 Å². The van der Waals surface area contributed by atoms with E-state index in [1.165, 1.54) is 11.3 Å². The number of anilines is 1. The van der Waals surface area contributed by atoms with E-state index in [4.69, 9.17) is 10.5 Å². The second-order valence-electron chi connectivity index (χ2n) is 5.75. The predicted molar refractivity (Wildman–Crippen MR) is 111 cm³/mol. The third-order valence-corrected chi connectivity index (χ3v) is 4.74. The molecule has 3 rings (SSSR count). The van der Waals surface area contributed by atoms with Crippen LogP contribution >= 0.6 is 11.3 Å². The number of nitrogens with zero attached hydrogens (tertiary/aromatic N) is 2. The van der Waals surface area contributed by atoms with Gasteiger partial charge in [0.2, 0.25) is 5.91 Å². The number of hydrogen-bond donors (Lipinski definition) is 2. The molecule has 7 heteroatoms. The van der Waals surface area contributed by atoms with Crippen LogP contribution in [0.5, 0.6) is 5.75 Å². The molecule has 3 N–H and O–H groups in total. The van der Waals surface area contributed by atoms with Crippen molar-refractivity contribution >= 4 is 28.5 Å². The van der Waals surface area contributed by atoms with Crippen LogP contribution in [0.15, 0.2) is 60.1 Å². The number of amides is 1. The van der Waals surface area contributed by atoms with Crippen molar-refractivity contribution in [3.63, 3.8) is 0 Å². The van der Waals surface area contributed by atoms with E-state index in [-0.39, 0.29) is 0 Å². The number of nitrogens with two attached hydrogens (primary N) is 1. The highest BCUT2D eigenvalue weighted by molar-refractivity contribution is 7.11. The molecular formula is C21H18N4O2S. The van der Waals surface area contributed by atoms with Gasteiger partial charge in [0.05, 0.1) is 12.3 Å². The molecule has 3 aromatic rings. The molecule has 0 saturated carbocycles. The second kappa shape index (κ2) is 8.84. The van der Waals surface area contributed by atoms with E-state index in [9.17, 15) is 10.1 Å². The molecule has 6 nitrogen and oxygen atoms in total. The number of allylic oxidation sites excluding steroid dienone is 1. The number of carbonyl (C=O) groups excluding carboxylic acids is 1. The minimum Gasteiger partial charge on any atom is -0.494 e. The fourth-order valence-corrected chi connectivity index (χ4v) is 3.24. The van der Waals surface area contributed by atoms with E-state index in [0.29, 0.717) is 22.8 Å². The van der Waals surface area contributed by atoms with Gasteiger partial charge in [-0.25, -0.2) is 4.98 Å². The first kappa shape index (κ1) is 19.1. The van der Waals surface area contributed by atoms with E-state index in [2.05, 4.69) is 16.4 Å². The lowest BCUT2D eigenvalue weighted by molar-refractivity contribution is 0.100. The number of hydrogen-bond acceptors (Lipinski definition) is 6. The average Bonchev–Trinajstić information content (AvgIpc) is 3.20. The molecule has 0 bridgehead atoms. The molecule has 140 valence electrons. The third kappa shape index (κ3) is 4.55. The van der Waals surface area contributed by atoms with Gasteiger partial charge in [-0.1, -0.05) is 0 Å². The number of ether oxygens (including phenoxy) is 1. The van der Waals surface area contributed by atoms with Crippen molar-refractivity contribution in [2.45, 2.75) is 6.92 Å². The zero-order chi connectivity index (χ0) is 19.9. The van der Waals surface area contributed by atoms with Gasteiger partial charge in [0.1, 0.15) is 22.4 Å². The third-order valence-electron chi connectivity index (χ3n) is 3.87. The zero-order valence-electron chi connectivity index (χ0n) is 15.2. The molecule has 1 amide bonds. The molecule has 1 aromatic heterocycles. The van der Waals surface area contributed by atoms with Crippen LogP contribution in [-0.4, -0.2) is 17.5 Å². The lowest BCUT2D eigenvalue weighted by Crippen LogP contribution is -2.10. The average molecular weight is 390 g/mol. The maximum Gasteiger partial charge on any atom is 0.248 e. The monoisotopic (exact) mass is 390 g/mol. The molecule has 28 heavy (non-hydrogen) atoms. The van der Waals surface area contributed by atoms with Gasteiger partial charge in [-0.2, -0.15) is 5.26 Å². The summed E-state index contributed by atoms with van der Waals surface area (Å²) >= 11 is 1.40. The highest BCUT2D eigenvalue weighted by atomic mass is 32.1. The summed E-state index contributed by atoms with van der Waals surface area (Å²) in [6.07, 6.45) is 1.60. The Labute approximate surface area is 166 Å². The fourth-order valence-electron chi connectivity index (χ4n) is 2.45. The molecule has 1 heterocycles. The summed E-state index contributed by atoms with van der Waals surface area (Å²) < 4.78 is 5.45. The molecule has 0 aliphatic rings. The Morgan fingerprint density at radius 3 is 2.57 bits per heavy atom. The molecule has 0 atom stereocenters. The van der Waals surface area contributed by atoms with Gasteiger partial charge >= 0.3 is 0 Å². The van der Waals surface area contributed by atoms with Crippen LogP contribution in [0.25, 0.3) is 16.8 Å². The van der Waals surface area contributed by atoms with Gasteiger partial charge in [0.25, 0.3) is 0 Å². The van der Waals surface area contributed by atoms with Gasteiger partial charge < -0.3 is 15.8 Å². The number of nitrogens with one attached hydrogen (secondary N) is 1. The van der Waals surface area contributed by atoms with Gasteiger partial charge in [-0.05, 0) is 55.5 Å². The lowest BCUT2D eigenvalue weighted by atomic mass is 10.2. The second-order valence-corrected chi connectivity index (χ2v) is 6.61. The molecule has 0 fully saturated rings. The number of thiazole rings is 1. The Morgan fingerprint density at radius 2 is 1.96 bits per heavy atom. The van der Waals surface area contributed by atoms with E-state index >= 15 is 0 Å². The topological polar surface area (TPSA) is 101 Å². The Morgan fingerprint density at radius 1 is 1.25 bits per heavy atom. The lowest BCUT2D eigenvalue weighted by Gasteiger charge is -2.03. The first-order valence-corrected chi connectivity index (χ1v) is 9.44. The Balaban J connectivity index is 1.75. The van der Waals surface area contributed by atoms with Crippen molar-refractivity contribution in [3.8, 4) is 23.1 Å². The van der Waals surface area contributed by atoms with E-state index in [1.807, 2.05) is 36.6 Å². The predicted octanol–water partition coefficient (Wildman–Crippen LogP) is 4.28. The number of nitriles is 1. The van der Waals surface area contributed by atoms with Crippen molar-refractivity contribution in [3.05, 3.63) is 70.7 Å².